The van der Waals surface area contributed by atoms with Gasteiger partial charge in [-0.05, 0) is 35.7 Å². The summed E-state index contributed by atoms with van der Waals surface area (Å²) in [5, 5.41) is 29.1. The average molecular weight is 463 g/mol. The highest BCUT2D eigenvalue weighted by Gasteiger charge is 2.19. The van der Waals surface area contributed by atoms with Gasteiger partial charge in [0.1, 0.15) is 0 Å². The standard InChI is InChI=1S/C28H16NO2S2/c30-29(31)21-10-4-1-7-17(21)20-15-16-13-14-24-26(18-8-2-5-11-22(18)32-24)25(16)27-19-9-3-6-12-23(19)33-28(20)27/h1-15,30H/q-1. The van der Waals surface area contributed by atoms with Crippen molar-refractivity contribution in [2.75, 3.05) is 5.23 Å². The van der Waals surface area contributed by atoms with Crippen LogP contribution in [-0.2, 0) is 0 Å². The van der Waals surface area contributed by atoms with Gasteiger partial charge in [-0.15, -0.1) is 22.7 Å². The highest BCUT2D eigenvalue weighted by Crippen LogP contribution is 2.49. The first kappa shape index (κ1) is 19.0. The van der Waals surface area contributed by atoms with Crippen molar-refractivity contribution in [3.63, 3.8) is 0 Å². The Labute approximate surface area is 196 Å². The zero-order valence-electron chi connectivity index (χ0n) is 17.3. The lowest BCUT2D eigenvalue weighted by atomic mass is 9.93. The molecule has 0 aliphatic heterocycles. The fourth-order valence-corrected chi connectivity index (χ4v) is 7.35. The van der Waals surface area contributed by atoms with Gasteiger partial charge in [0.2, 0.25) is 0 Å². The molecule has 0 aliphatic carbocycles. The molecule has 0 saturated carbocycles. The first-order valence-corrected chi connectivity index (χ1v) is 12.3. The van der Waals surface area contributed by atoms with Crippen molar-refractivity contribution in [3.05, 3.63) is 96.2 Å². The number of nitrogens with zero attached hydrogens (tertiary/aromatic N) is 1. The summed E-state index contributed by atoms with van der Waals surface area (Å²) in [5.41, 5.74) is 1.93. The van der Waals surface area contributed by atoms with Gasteiger partial charge in [-0.1, -0.05) is 60.7 Å². The summed E-state index contributed by atoms with van der Waals surface area (Å²) < 4.78 is 4.89. The third-order valence-corrected chi connectivity index (χ3v) is 8.71. The molecule has 0 spiro atoms. The molecule has 0 bridgehead atoms. The maximum absolute atomic E-state index is 12.0. The third kappa shape index (κ3) is 2.68. The second-order valence-corrected chi connectivity index (χ2v) is 10.3. The summed E-state index contributed by atoms with van der Waals surface area (Å²) in [4.78, 5) is 0. The first-order chi connectivity index (χ1) is 16.2. The molecule has 0 unspecified atom stereocenters. The molecule has 33 heavy (non-hydrogen) atoms. The van der Waals surface area contributed by atoms with E-state index in [2.05, 4.69) is 66.7 Å². The summed E-state index contributed by atoms with van der Waals surface area (Å²) in [6, 6.07) is 30.8. The average Bonchev–Trinajstić information content (AvgIpc) is 3.42. The van der Waals surface area contributed by atoms with Crippen LogP contribution in [0.4, 0.5) is 5.69 Å². The predicted molar refractivity (Wildman–Crippen MR) is 143 cm³/mol. The summed E-state index contributed by atoms with van der Waals surface area (Å²) in [7, 11) is 0. The van der Waals surface area contributed by atoms with E-state index in [9.17, 15) is 10.4 Å². The van der Waals surface area contributed by atoms with Crippen molar-refractivity contribution in [1.29, 1.82) is 0 Å². The van der Waals surface area contributed by atoms with Crippen LogP contribution in [0.2, 0.25) is 0 Å². The Morgan fingerprint density at radius 1 is 0.606 bits per heavy atom. The van der Waals surface area contributed by atoms with E-state index in [4.69, 9.17) is 0 Å². The molecule has 0 saturated heterocycles. The monoisotopic (exact) mass is 462 g/mol. The third-order valence-electron chi connectivity index (χ3n) is 6.37. The Hall–Kier alpha value is -3.48. The van der Waals surface area contributed by atoms with Gasteiger partial charge in [0, 0.05) is 56.9 Å². The molecule has 7 rings (SSSR count). The van der Waals surface area contributed by atoms with Gasteiger partial charge >= 0.3 is 0 Å². The number of hydrogen-bond donors (Lipinski definition) is 1. The molecular formula is C28H16NO2S2-. The molecule has 2 heterocycles. The predicted octanol–water partition coefficient (Wildman–Crippen LogP) is 8.94. The van der Waals surface area contributed by atoms with Gasteiger partial charge in [0.05, 0.1) is 5.69 Å². The normalized spacial score (nSPS) is 11.9. The molecule has 0 amide bonds. The smallest absolute Gasteiger partial charge is 0.0587 e. The Kier molecular flexibility index (Phi) is 4.04. The van der Waals surface area contributed by atoms with Crippen LogP contribution in [0.3, 0.4) is 0 Å². The zero-order valence-corrected chi connectivity index (χ0v) is 18.9. The lowest BCUT2D eigenvalue weighted by Crippen LogP contribution is -2.08. The van der Waals surface area contributed by atoms with Gasteiger partial charge < -0.3 is 10.4 Å². The molecule has 1 N–H and O–H groups in total. The first-order valence-electron chi connectivity index (χ1n) is 10.6. The van der Waals surface area contributed by atoms with Crippen molar-refractivity contribution in [2.45, 2.75) is 0 Å². The zero-order chi connectivity index (χ0) is 22.1. The maximum atomic E-state index is 12.0. The van der Waals surface area contributed by atoms with E-state index in [1.807, 2.05) is 23.5 Å². The van der Waals surface area contributed by atoms with Crippen LogP contribution < -0.4 is 5.23 Å². The molecule has 7 aromatic rings. The fraction of sp³-hybridized carbons (Fsp3) is 0. The molecule has 0 fully saturated rings. The number of rotatable bonds is 2. The summed E-state index contributed by atoms with van der Waals surface area (Å²) in [6.07, 6.45) is 0. The highest BCUT2D eigenvalue weighted by molar-refractivity contribution is 7.27. The van der Waals surface area contributed by atoms with E-state index in [0.717, 1.165) is 21.2 Å². The van der Waals surface area contributed by atoms with Crippen molar-refractivity contribution in [2.24, 2.45) is 0 Å². The van der Waals surface area contributed by atoms with Crippen LogP contribution in [0.1, 0.15) is 0 Å². The SMILES string of the molecule is [O-]N(O)c1ccccc1-c1cc2ccc3sc4ccccc4c3c2c2c1sc1ccccc12. The Morgan fingerprint density at radius 2 is 1.27 bits per heavy atom. The van der Waals surface area contributed by atoms with E-state index in [1.165, 1.54) is 41.0 Å². The van der Waals surface area contributed by atoms with E-state index in [-0.39, 0.29) is 10.9 Å². The van der Waals surface area contributed by atoms with Gasteiger partial charge in [-0.25, -0.2) is 0 Å². The van der Waals surface area contributed by atoms with Crippen LogP contribution in [0.15, 0.2) is 91.0 Å². The Morgan fingerprint density at radius 3 is 2.06 bits per heavy atom. The second kappa shape index (κ2) is 7.01. The van der Waals surface area contributed by atoms with Crippen LogP contribution in [0.25, 0.3) is 62.2 Å². The highest BCUT2D eigenvalue weighted by atomic mass is 32.1. The molecule has 0 aliphatic rings. The maximum Gasteiger partial charge on any atom is 0.0587 e. The van der Waals surface area contributed by atoms with Crippen LogP contribution in [0, 0.1) is 5.21 Å². The lowest BCUT2D eigenvalue weighted by molar-refractivity contribution is 0.297. The van der Waals surface area contributed by atoms with E-state index >= 15 is 0 Å². The number of hydrogen-bond acceptors (Lipinski definition) is 5. The number of para-hydroxylation sites is 1. The van der Waals surface area contributed by atoms with Gasteiger partial charge in [0.25, 0.3) is 0 Å². The van der Waals surface area contributed by atoms with Crippen LogP contribution in [0.5, 0.6) is 0 Å². The summed E-state index contributed by atoms with van der Waals surface area (Å²) in [6.45, 7) is 0. The number of fused-ring (bicyclic) bond motifs is 9. The van der Waals surface area contributed by atoms with Crippen LogP contribution in [-0.4, -0.2) is 5.21 Å². The van der Waals surface area contributed by atoms with Gasteiger partial charge in [0.15, 0.2) is 0 Å². The van der Waals surface area contributed by atoms with Crippen molar-refractivity contribution < 1.29 is 5.21 Å². The minimum absolute atomic E-state index is 0.0335. The lowest BCUT2D eigenvalue weighted by Gasteiger charge is -2.25. The van der Waals surface area contributed by atoms with E-state index in [1.54, 1.807) is 23.5 Å². The quantitative estimate of drug-likeness (QED) is 0.261. The number of benzene rings is 5. The van der Waals surface area contributed by atoms with Gasteiger partial charge in [-0.3, -0.25) is 5.21 Å². The molecule has 158 valence electrons. The number of thiophene rings is 2. The second-order valence-electron chi connectivity index (χ2n) is 8.15. The molecule has 2 aromatic heterocycles. The molecule has 0 radical (unpaired) electrons. The van der Waals surface area contributed by atoms with E-state index in [0.29, 0.717) is 0 Å². The van der Waals surface area contributed by atoms with Crippen molar-refractivity contribution in [3.8, 4) is 11.1 Å². The molecule has 5 heteroatoms. The Bertz CT molecular complexity index is 1860. The minimum atomic E-state index is -0.0335. The van der Waals surface area contributed by atoms with Crippen LogP contribution >= 0.6 is 22.7 Å². The molecule has 3 nitrogen and oxygen atoms in total. The molecular weight excluding hydrogens is 446 g/mol. The van der Waals surface area contributed by atoms with E-state index < -0.39 is 0 Å². The summed E-state index contributed by atoms with van der Waals surface area (Å²) >= 11 is 3.56. The Balaban J connectivity index is 1.76. The van der Waals surface area contributed by atoms with Gasteiger partial charge in [-0.2, -0.15) is 0 Å². The summed E-state index contributed by atoms with van der Waals surface area (Å²) in [5.74, 6) is 0. The topological polar surface area (TPSA) is 46.5 Å². The van der Waals surface area contributed by atoms with Crippen molar-refractivity contribution in [1.82, 2.24) is 0 Å². The molecule has 0 atom stereocenters. The number of anilines is 1. The fourth-order valence-electron chi connectivity index (χ4n) is 5.00. The largest absolute Gasteiger partial charge is 0.733 e. The minimum Gasteiger partial charge on any atom is -0.733 e. The van der Waals surface area contributed by atoms with Crippen molar-refractivity contribution >= 4 is 79.5 Å². The molecule has 5 aromatic carbocycles.